The van der Waals surface area contributed by atoms with E-state index in [0.717, 1.165) is 50.3 Å². The molecule has 29 heavy (non-hydrogen) atoms. The lowest BCUT2D eigenvalue weighted by Crippen LogP contribution is -2.42. The number of guanidine groups is 1. The molecule has 2 atom stereocenters. The van der Waals surface area contributed by atoms with Gasteiger partial charge in [-0.1, -0.05) is 30.3 Å². The highest BCUT2D eigenvalue weighted by atomic mass is 127. The standard InChI is InChI=1S/C22H32N4O2.HI/c1-4-23-22(25-18(3)19-8-6-5-7-9-19)24-16-20(21-11-10-17(2)28-21)26-12-14-27-15-13-26;/h5-11,18,20H,4,12-16H2,1-3H3,(H2,23,24,25);1H. The number of aliphatic imine (C=N–C) groups is 1. The van der Waals surface area contributed by atoms with Gasteiger partial charge in [0.05, 0.1) is 31.8 Å². The molecule has 2 N–H and O–H groups in total. The lowest BCUT2D eigenvalue weighted by molar-refractivity contribution is 0.0135. The van der Waals surface area contributed by atoms with Gasteiger partial charge >= 0.3 is 0 Å². The number of aryl methyl sites for hydroxylation is 1. The Morgan fingerprint density at radius 1 is 1.14 bits per heavy atom. The minimum absolute atomic E-state index is 0. The fourth-order valence-corrected chi connectivity index (χ4v) is 3.43. The Labute approximate surface area is 191 Å². The maximum atomic E-state index is 5.95. The quantitative estimate of drug-likeness (QED) is 0.335. The van der Waals surface area contributed by atoms with E-state index >= 15 is 0 Å². The van der Waals surface area contributed by atoms with Gasteiger partial charge < -0.3 is 19.8 Å². The first-order chi connectivity index (χ1) is 13.7. The molecule has 0 bridgehead atoms. The van der Waals surface area contributed by atoms with Crippen LogP contribution in [0.1, 0.15) is 43.0 Å². The highest BCUT2D eigenvalue weighted by molar-refractivity contribution is 14.0. The van der Waals surface area contributed by atoms with E-state index in [0.29, 0.717) is 6.54 Å². The number of halogens is 1. The first kappa shape index (κ1) is 23.7. The second-order valence-corrected chi connectivity index (χ2v) is 7.11. The largest absolute Gasteiger partial charge is 0.465 e. The van der Waals surface area contributed by atoms with Gasteiger partial charge in [-0.15, -0.1) is 24.0 Å². The van der Waals surface area contributed by atoms with Crippen LogP contribution < -0.4 is 10.6 Å². The summed E-state index contributed by atoms with van der Waals surface area (Å²) in [6, 6.07) is 14.8. The third kappa shape index (κ3) is 7.01. The fourth-order valence-electron chi connectivity index (χ4n) is 3.43. The number of nitrogens with zero attached hydrogens (tertiary/aromatic N) is 2. The Balaban J connectivity index is 0.00000300. The summed E-state index contributed by atoms with van der Waals surface area (Å²) in [5, 5.41) is 6.88. The zero-order valence-corrected chi connectivity index (χ0v) is 19.9. The molecule has 7 heteroatoms. The maximum absolute atomic E-state index is 5.95. The van der Waals surface area contributed by atoms with Crippen LogP contribution in [0.15, 0.2) is 51.9 Å². The van der Waals surface area contributed by atoms with Crippen molar-refractivity contribution in [2.75, 3.05) is 39.4 Å². The van der Waals surface area contributed by atoms with Gasteiger partial charge in [-0.2, -0.15) is 0 Å². The smallest absolute Gasteiger partial charge is 0.191 e. The molecule has 3 rings (SSSR count). The van der Waals surface area contributed by atoms with Gasteiger partial charge in [0.1, 0.15) is 11.5 Å². The Kier molecular flexibility index (Phi) is 9.96. The molecule has 0 spiro atoms. The summed E-state index contributed by atoms with van der Waals surface area (Å²) in [5.41, 5.74) is 1.24. The molecule has 6 nitrogen and oxygen atoms in total. The van der Waals surface area contributed by atoms with Crippen molar-refractivity contribution in [2.45, 2.75) is 32.9 Å². The number of furan rings is 1. The Bertz CT molecular complexity index is 744. The molecule has 0 aliphatic carbocycles. The van der Waals surface area contributed by atoms with Gasteiger partial charge in [-0.3, -0.25) is 9.89 Å². The number of hydrogen-bond acceptors (Lipinski definition) is 4. The molecule has 1 aromatic carbocycles. The summed E-state index contributed by atoms with van der Waals surface area (Å²) < 4.78 is 11.5. The summed E-state index contributed by atoms with van der Waals surface area (Å²) >= 11 is 0. The van der Waals surface area contributed by atoms with Crippen molar-refractivity contribution in [3.05, 3.63) is 59.5 Å². The summed E-state index contributed by atoms with van der Waals surface area (Å²) in [6.07, 6.45) is 0. The summed E-state index contributed by atoms with van der Waals surface area (Å²) in [7, 11) is 0. The van der Waals surface area contributed by atoms with Crippen molar-refractivity contribution in [1.82, 2.24) is 15.5 Å². The highest BCUT2D eigenvalue weighted by Crippen LogP contribution is 2.24. The number of rotatable bonds is 7. The zero-order valence-electron chi connectivity index (χ0n) is 17.6. The van der Waals surface area contributed by atoms with Crippen molar-refractivity contribution >= 4 is 29.9 Å². The van der Waals surface area contributed by atoms with E-state index in [2.05, 4.69) is 59.7 Å². The normalized spacial score (nSPS) is 17.3. The molecule has 2 heterocycles. The van der Waals surface area contributed by atoms with Gasteiger partial charge in [-0.25, -0.2) is 0 Å². The summed E-state index contributed by atoms with van der Waals surface area (Å²) in [4.78, 5) is 7.29. The predicted octanol–water partition coefficient (Wildman–Crippen LogP) is 3.90. The third-order valence-corrected chi connectivity index (χ3v) is 5.00. The number of nitrogens with one attached hydrogen (secondary N) is 2. The second kappa shape index (κ2) is 12.2. The van der Waals surface area contributed by atoms with Crippen LogP contribution in [0.5, 0.6) is 0 Å². The topological polar surface area (TPSA) is 62.0 Å². The van der Waals surface area contributed by atoms with E-state index in [1.165, 1.54) is 5.56 Å². The van der Waals surface area contributed by atoms with Gasteiger partial charge in [-0.05, 0) is 38.5 Å². The molecule has 1 aliphatic rings. The van der Waals surface area contributed by atoms with Crippen LogP contribution in [-0.2, 0) is 4.74 Å². The first-order valence-electron chi connectivity index (χ1n) is 10.1. The Morgan fingerprint density at radius 2 is 1.86 bits per heavy atom. The summed E-state index contributed by atoms with van der Waals surface area (Å²) in [6.45, 7) is 11.0. The number of ether oxygens (including phenoxy) is 1. The van der Waals surface area contributed by atoms with Crippen molar-refractivity contribution in [3.63, 3.8) is 0 Å². The Morgan fingerprint density at radius 3 is 2.48 bits per heavy atom. The predicted molar refractivity (Wildman–Crippen MR) is 128 cm³/mol. The molecule has 2 aromatic rings. The second-order valence-electron chi connectivity index (χ2n) is 7.11. The van der Waals surface area contributed by atoms with Crippen LogP contribution in [0.3, 0.4) is 0 Å². The molecule has 160 valence electrons. The number of morpholine rings is 1. The van der Waals surface area contributed by atoms with Crippen LogP contribution in [0.4, 0.5) is 0 Å². The molecular formula is C22H33IN4O2. The lowest BCUT2D eigenvalue weighted by Gasteiger charge is -2.32. The van der Waals surface area contributed by atoms with Crippen LogP contribution in [0, 0.1) is 6.92 Å². The van der Waals surface area contributed by atoms with Crippen molar-refractivity contribution in [2.24, 2.45) is 4.99 Å². The number of benzene rings is 1. The molecule has 1 aliphatic heterocycles. The third-order valence-electron chi connectivity index (χ3n) is 5.00. The average molecular weight is 512 g/mol. The molecule has 1 fully saturated rings. The molecule has 0 radical (unpaired) electrons. The van der Waals surface area contributed by atoms with E-state index < -0.39 is 0 Å². The molecule has 0 amide bonds. The molecule has 0 saturated carbocycles. The SMILES string of the molecule is CCNC(=NCC(c1ccc(C)o1)N1CCOCC1)NC(C)c1ccccc1.I. The Hall–Kier alpha value is -1.58. The lowest BCUT2D eigenvalue weighted by atomic mass is 10.1. The van der Waals surface area contributed by atoms with Crippen LogP contribution in [0.2, 0.25) is 0 Å². The van der Waals surface area contributed by atoms with E-state index in [1.807, 2.05) is 19.1 Å². The maximum Gasteiger partial charge on any atom is 0.191 e. The van der Waals surface area contributed by atoms with Gasteiger partial charge in [0.15, 0.2) is 5.96 Å². The van der Waals surface area contributed by atoms with Gasteiger partial charge in [0.2, 0.25) is 0 Å². The average Bonchev–Trinajstić information content (AvgIpc) is 3.15. The minimum atomic E-state index is 0. The van der Waals surface area contributed by atoms with Crippen LogP contribution >= 0.6 is 24.0 Å². The van der Waals surface area contributed by atoms with Crippen LogP contribution in [0.25, 0.3) is 0 Å². The number of hydrogen-bond donors (Lipinski definition) is 2. The van der Waals surface area contributed by atoms with Gasteiger partial charge in [0, 0.05) is 19.6 Å². The molecule has 1 aromatic heterocycles. The van der Waals surface area contributed by atoms with Crippen LogP contribution in [-0.4, -0.2) is 50.3 Å². The minimum Gasteiger partial charge on any atom is -0.465 e. The monoisotopic (exact) mass is 512 g/mol. The van der Waals surface area contributed by atoms with Crippen molar-refractivity contribution in [3.8, 4) is 0 Å². The molecule has 1 saturated heterocycles. The van der Waals surface area contributed by atoms with E-state index in [9.17, 15) is 0 Å². The molecular weight excluding hydrogens is 479 g/mol. The fraction of sp³-hybridized carbons (Fsp3) is 0.500. The summed E-state index contributed by atoms with van der Waals surface area (Å²) in [5.74, 6) is 2.72. The molecule has 2 unspecified atom stereocenters. The van der Waals surface area contributed by atoms with Crippen molar-refractivity contribution in [1.29, 1.82) is 0 Å². The van der Waals surface area contributed by atoms with E-state index in [-0.39, 0.29) is 36.1 Å². The zero-order chi connectivity index (χ0) is 19.8. The highest BCUT2D eigenvalue weighted by Gasteiger charge is 2.25. The van der Waals surface area contributed by atoms with E-state index in [1.54, 1.807) is 0 Å². The van der Waals surface area contributed by atoms with Gasteiger partial charge in [0.25, 0.3) is 0 Å². The van der Waals surface area contributed by atoms with E-state index in [4.69, 9.17) is 14.1 Å². The van der Waals surface area contributed by atoms with Crippen molar-refractivity contribution < 1.29 is 9.15 Å². The first-order valence-corrected chi connectivity index (χ1v) is 10.1.